The molecule has 4 nitrogen and oxygen atoms in total. The summed E-state index contributed by atoms with van der Waals surface area (Å²) in [4.78, 5) is 12.6. The second-order valence-corrected chi connectivity index (χ2v) is 6.73. The first-order valence-electron chi connectivity index (χ1n) is 8.58. The Hall–Kier alpha value is -1.76. The molecular formula is C20H24INO3. The van der Waals surface area contributed by atoms with Crippen LogP contribution in [0.15, 0.2) is 36.4 Å². The first-order valence-corrected chi connectivity index (χ1v) is 9.66. The molecule has 0 aliphatic heterocycles. The Morgan fingerprint density at radius 1 is 1.08 bits per heavy atom. The summed E-state index contributed by atoms with van der Waals surface area (Å²) >= 11 is 2.18. The lowest BCUT2D eigenvalue weighted by Gasteiger charge is -2.15. The van der Waals surface area contributed by atoms with Crippen molar-refractivity contribution >= 4 is 34.2 Å². The third-order valence-electron chi connectivity index (χ3n) is 3.64. The summed E-state index contributed by atoms with van der Waals surface area (Å²) in [6, 6.07) is 11.4. The van der Waals surface area contributed by atoms with E-state index >= 15 is 0 Å². The Bertz CT molecular complexity index is 714. The van der Waals surface area contributed by atoms with Gasteiger partial charge in [0.05, 0.1) is 16.8 Å². The molecule has 0 unspecified atom stereocenters. The van der Waals surface area contributed by atoms with Crippen molar-refractivity contribution in [3.05, 3.63) is 51.1 Å². The first kappa shape index (κ1) is 19.6. The molecule has 0 heterocycles. The Morgan fingerprint density at radius 2 is 1.80 bits per heavy atom. The van der Waals surface area contributed by atoms with Gasteiger partial charge in [-0.05, 0) is 72.2 Å². The minimum atomic E-state index is -0.162. The summed E-state index contributed by atoms with van der Waals surface area (Å²) < 4.78 is 12.3. The molecule has 25 heavy (non-hydrogen) atoms. The maximum absolute atomic E-state index is 12.6. The lowest BCUT2D eigenvalue weighted by Crippen LogP contribution is -2.13. The minimum Gasteiger partial charge on any atom is -0.490 e. The number of rotatable bonds is 8. The average molecular weight is 453 g/mol. The number of amides is 1. The van der Waals surface area contributed by atoms with Crippen molar-refractivity contribution in [1.82, 2.24) is 0 Å². The molecular weight excluding hydrogens is 429 g/mol. The zero-order valence-corrected chi connectivity index (χ0v) is 17.1. The van der Waals surface area contributed by atoms with E-state index in [2.05, 4.69) is 41.8 Å². The van der Waals surface area contributed by atoms with Gasteiger partial charge in [0.2, 0.25) is 0 Å². The molecule has 0 aliphatic rings. The fraction of sp³-hybridized carbons (Fsp3) is 0.350. The van der Waals surface area contributed by atoms with E-state index in [-0.39, 0.29) is 5.91 Å². The molecule has 2 aromatic carbocycles. The van der Waals surface area contributed by atoms with E-state index in [0.29, 0.717) is 30.3 Å². The minimum absolute atomic E-state index is 0.162. The van der Waals surface area contributed by atoms with Gasteiger partial charge < -0.3 is 14.8 Å². The van der Waals surface area contributed by atoms with Gasteiger partial charge in [0.1, 0.15) is 0 Å². The van der Waals surface area contributed by atoms with E-state index in [4.69, 9.17) is 9.47 Å². The van der Waals surface area contributed by atoms with Crippen LogP contribution in [0.2, 0.25) is 0 Å². The molecule has 0 saturated heterocycles. The summed E-state index contributed by atoms with van der Waals surface area (Å²) in [5.41, 5.74) is 2.57. The number of halogens is 1. The van der Waals surface area contributed by atoms with Crippen LogP contribution < -0.4 is 14.8 Å². The van der Waals surface area contributed by atoms with Crippen molar-refractivity contribution in [2.24, 2.45) is 0 Å². The number of hydrogen-bond acceptors (Lipinski definition) is 3. The molecule has 0 fully saturated rings. The summed E-state index contributed by atoms with van der Waals surface area (Å²) in [6.45, 7) is 7.21. The van der Waals surface area contributed by atoms with Crippen molar-refractivity contribution in [3.8, 4) is 11.5 Å². The molecule has 0 saturated carbocycles. The molecule has 0 radical (unpaired) electrons. The lowest BCUT2D eigenvalue weighted by atomic mass is 10.1. The monoisotopic (exact) mass is 453 g/mol. The van der Waals surface area contributed by atoms with Crippen molar-refractivity contribution in [2.45, 2.75) is 33.6 Å². The smallest absolute Gasteiger partial charge is 0.255 e. The van der Waals surface area contributed by atoms with Crippen LogP contribution in [0, 0.1) is 3.57 Å². The van der Waals surface area contributed by atoms with E-state index in [1.807, 2.05) is 37.3 Å². The molecule has 0 atom stereocenters. The Kier molecular flexibility index (Phi) is 7.55. The summed E-state index contributed by atoms with van der Waals surface area (Å²) in [5, 5.41) is 2.93. The van der Waals surface area contributed by atoms with E-state index in [0.717, 1.165) is 22.1 Å². The van der Waals surface area contributed by atoms with Gasteiger partial charge in [-0.25, -0.2) is 0 Å². The van der Waals surface area contributed by atoms with Gasteiger partial charge >= 0.3 is 0 Å². The van der Waals surface area contributed by atoms with Crippen LogP contribution in [0.25, 0.3) is 0 Å². The molecule has 0 aromatic heterocycles. The number of hydrogen-bond donors (Lipinski definition) is 1. The van der Waals surface area contributed by atoms with Crippen LogP contribution in [0.4, 0.5) is 5.69 Å². The van der Waals surface area contributed by atoms with Gasteiger partial charge in [0.15, 0.2) is 11.5 Å². The van der Waals surface area contributed by atoms with Crippen molar-refractivity contribution in [2.75, 3.05) is 18.5 Å². The summed E-state index contributed by atoms with van der Waals surface area (Å²) in [7, 11) is 0. The maximum atomic E-state index is 12.6. The fourth-order valence-electron chi connectivity index (χ4n) is 2.33. The van der Waals surface area contributed by atoms with Crippen molar-refractivity contribution < 1.29 is 14.3 Å². The number of benzene rings is 2. The van der Waals surface area contributed by atoms with Crippen molar-refractivity contribution in [3.63, 3.8) is 0 Å². The second-order valence-electron chi connectivity index (χ2n) is 5.57. The maximum Gasteiger partial charge on any atom is 0.255 e. The number of carbonyl (C=O) groups excluding carboxylic acids is 1. The Balaban J connectivity index is 2.22. The van der Waals surface area contributed by atoms with Crippen LogP contribution >= 0.6 is 22.6 Å². The highest BCUT2D eigenvalue weighted by molar-refractivity contribution is 14.1. The fourth-order valence-corrected chi connectivity index (χ4v) is 3.09. The number of carbonyl (C=O) groups is 1. The van der Waals surface area contributed by atoms with E-state index in [1.165, 1.54) is 5.56 Å². The predicted molar refractivity (Wildman–Crippen MR) is 110 cm³/mol. The topological polar surface area (TPSA) is 47.6 Å². The van der Waals surface area contributed by atoms with Gasteiger partial charge in [-0.15, -0.1) is 0 Å². The van der Waals surface area contributed by atoms with E-state index in [1.54, 1.807) is 6.07 Å². The number of nitrogens with one attached hydrogen (secondary N) is 1. The van der Waals surface area contributed by atoms with Crippen LogP contribution in [-0.4, -0.2) is 19.1 Å². The molecule has 0 aliphatic carbocycles. The zero-order valence-electron chi connectivity index (χ0n) is 14.9. The highest BCUT2D eigenvalue weighted by atomic mass is 127. The molecule has 1 N–H and O–H groups in total. The predicted octanol–water partition coefficient (Wildman–Crippen LogP) is 5.29. The number of aryl methyl sites for hydroxylation is 1. The molecule has 2 aromatic rings. The normalized spacial score (nSPS) is 10.4. The summed E-state index contributed by atoms with van der Waals surface area (Å²) in [6.07, 6.45) is 1.89. The van der Waals surface area contributed by atoms with Gasteiger partial charge in [0, 0.05) is 11.3 Å². The lowest BCUT2D eigenvalue weighted by molar-refractivity contribution is 0.102. The highest BCUT2D eigenvalue weighted by Gasteiger charge is 2.16. The molecule has 134 valence electrons. The molecule has 1 amide bonds. The van der Waals surface area contributed by atoms with Crippen LogP contribution in [0.1, 0.15) is 43.1 Å². The van der Waals surface area contributed by atoms with Gasteiger partial charge in [-0.1, -0.05) is 26.0 Å². The number of anilines is 1. The standard InChI is InChI=1S/C20H24INO3/c1-4-11-25-19-17(21)12-15(13-18(19)24-6-3)20(23)22-16-9-7-14(5-2)8-10-16/h7-10,12-13H,4-6,11H2,1-3H3,(H,22,23). The van der Waals surface area contributed by atoms with Crippen LogP contribution in [0.3, 0.4) is 0 Å². The Morgan fingerprint density at radius 3 is 2.40 bits per heavy atom. The quantitative estimate of drug-likeness (QED) is 0.553. The molecule has 0 spiro atoms. The first-order chi connectivity index (χ1) is 12.1. The molecule has 0 bridgehead atoms. The van der Waals surface area contributed by atoms with E-state index in [9.17, 15) is 4.79 Å². The third kappa shape index (κ3) is 5.36. The largest absolute Gasteiger partial charge is 0.490 e. The second kappa shape index (κ2) is 9.65. The highest BCUT2D eigenvalue weighted by Crippen LogP contribution is 2.34. The van der Waals surface area contributed by atoms with Crippen molar-refractivity contribution in [1.29, 1.82) is 0 Å². The van der Waals surface area contributed by atoms with Gasteiger partial charge in [-0.2, -0.15) is 0 Å². The Labute approximate surface area is 163 Å². The molecule has 2 rings (SSSR count). The zero-order chi connectivity index (χ0) is 18.2. The molecule has 5 heteroatoms. The average Bonchev–Trinajstić information content (AvgIpc) is 2.61. The third-order valence-corrected chi connectivity index (χ3v) is 4.44. The van der Waals surface area contributed by atoms with Gasteiger partial charge in [0.25, 0.3) is 5.91 Å². The SMILES string of the molecule is CCCOc1c(I)cc(C(=O)Nc2ccc(CC)cc2)cc1OCC. The van der Waals surface area contributed by atoms with Gasteiger partial charge in [-0.3, -0.25) is 4.79 Å². The van der Waals surface area contributed by atoms with Crippen LogP contribution in [-0.2, 0) is 6.42 Å². The summed E-state index contributed by atoms with van der Waals surface area (Å²) in [5.74, 6) is 1.15. The number of ether oxygens (including phenoxy) is 2. The van der Waals surface area contributed by atoms with E-state index < -0.39 is 0 Å². The van der Waals surface area contributed by atoms with Crippen LogP contribution in [0.5, 0.6) is 11.5 Å².